The minimum absolute atomic E-state index is 0.0539. The van der Waals surface area contributed by atoms with Gasteiger partial charge in [-0.05, 0) is 59.8 Å². The molecule has 148 valence electrons. The first kappa shape index (κ1) is 20.6. The first-order valence-corrected chi connectivity index (χ1v) is 9.67. The molecule has 0 atom stereocenters. The van der Waals surface area contributed by atoms with E-state index in [-0.39, 0.29) is 23.4 Å². The number of nitrogens with one attached hydrogen (secondary N) is 1. The molecule has 3 amide bonds. The molecule has 0 saturated carbocycles. The second-order valence-electron chi connectivity index (χ2n) is 6.07. The van der Waals surface area contributed by atoms with Crippen LogP contribution in [0.15, 0.2) is 53.4 Å². The maximum atomic E-state index is 12.5. The highest BCUT2D eigenvalue weighted by atomic mass is 35.5. The van der Waals surface area contributed by atoms with Crippen LogP contribution in [0, 0.1) is 0 Å². The Morgan fingerprint density at radius 2 is 1.72 bits per heavy atom. The predicted octanol–water partition coefficient (Wildman–Crippen LogP) is 4.10. The fraction of sp³-hybridized carbons (Fsp3) is 0.100. The summed E-state index contributed by atoms with van der Waals surface area (Å²) in [4.78, 5) is 48.8. The third kappa shape index (κ3) is 5.24. The van der Waals surface area contributed by atoms with Crippen molar-refractivity contribution in [1.82, 2.24) is 4.90 Å². The number of nitrogens with zero attached hydrogens (tertiary/aromatic N) is 1. The van der Waals surface area contributed by atoms with Gasteiger partial charge in [0.2, 0.25) is 5.91 Å². The molecule has 2 N–H and O–H groups in total. The SMILES string of the molecule is O=C(CCN1C(=O)S/C(=C\c2ccc(Cl)cc2)C1=O)Nc1ccc(C(=O)O)cc1. The number of rotatable bonds is 6. The van der Waals surface area contributed by atoms with E-state index >= 15 is 0 Å². The highest BCUT2D eigenvalue weighted by molar-refractivity contribution is 8.18. The summed E-state index contributed by atoms with van der Waals surface area (Å²) >= 11 is 6.65. The van der Waals surface area contributed by atoms with E-state index in [0.717, 1.165) is 22.2 Å². The highest BCUT2D eigenvalue weighted by Gasteiger charge is 2.35. The number of thioether (sulfide) groups is 1. The third-order valence-electron chi connectivity index (χ3n) is 4.02. The van der Waals surface area contributed by atoms with E-state index in [2.05, 4.69) is 5.32 Å². The van der Waals surface area contributed by atoms with E-state index in [9.17, 15) is 19.2 Å². The zero-order valence-electron chi connectivity index (χ0n) is 14.9. The zero-order valence-corrected chi connectivity index (χ0v) is 16.5. The Bertz CT molecular complexity index is 1000. The van der Waals surface area contributed by atoms with Crippen LogP contribution in [0.1, 0.15) is 22.3 Å². The molecule has 0 spiro atoms. The van der Waals surface area contributed by atoms with Crippen LogP contribution in [-0.2, 0) is 9.59 Å². The van der Waals surface area contributed by atoms with E-state index in [1.165, 1.54) is 24.3 Å². The highest BCUT2D eigenvalue weighted by Crippen LogP contribution is 2.32. The van der Waals surface area contributed by atoms with Crippen molar-refractivity contribution >= 4 is 58.1 Å². The lowest BCUT2D eigenvalue weighted by atomic mass is 10.2. The molecule has 1 aliphatic rings. The number of carbonyl (C=O) groups excluding carboxylic acids is 3. The summed E-state index contributed by atoms with van der Waals surface area (Å²) in [6, 6.07) is 12.5. The van der Waals surface area contributed by atoms with Crippen LogP contribution in [0.5, 0.6) is 0 Å². The smallest absolute Gasteiger partial charge is 0.335 e. The number of hydrogen-bond donors (Lipinski definition) is 2. The second-order valence-corrected chi connectivity index (χ2v) is 7.50. The fourth-order valence-electron chi connectivity index (χ4n) is 2.54. The number of aromatic carboxylic acids is 1. The first-order valence-electron chi connectivity index (χ1n) is 8.47. The summed E-state index contributed by atoms with van der Waals surface area (Å²) in [5.74, 6) is -1.91. The summed E-state index contributed by atoms with van der Waals surface area (Å²) in [7, 11) is 0. The van der Waals surface area contributed by atoms with Crippen molar-refractivity contribution in [3.63, 3.8) is 0 Å². The van der Waals surface area contributed by atoms with Crippen molar-refractivity contribution in [3.8, 4) is 0 Å². The Morgan fingerprint density at radius 1 is 1.07 bits per heavy atom. The van der Waals surface area contributed by atoms with Gasteiger partial charge in [-0.15, -0.1) is 0 Å². The number of carboxylic acids is 1. The number of imide groups is 1. The molecule has 2 aromatic carbocycles. The molecule has 7 nitrogen and oxygen atoms in total. The Morgan fingerprint density at radius 3 is 2.34 bits per heavy atom. The van der Waals surface area contributed by atoms with Gasteiger partial charge in [-0.2, -0.15) is 0 Å². The van der Waals surface area contributed by atoms with Gasteiger partial charge in [-0.1, -0.05) is 23.7 Å². The summed E-state index contributed by atoms with van der Waals surface area (Å²) in [6.45, 7) is -0.0539. The monoisotopic (exact) mass is 430 g/mol. The van der Waals surface area contributed by atoms with Crippen molar-refractivity contribution in [1.29, 1.82) is 0 Å². The molecule has 0 radical (unpaired) electrons. The van der Waals surface area contributed by atoms with Gasteiger partial charge in [0.25, 0.3) is 11.1 Å². The molecular formula is C20H15ClN2O5S. The van der Waals surface area contributed by atoms with Crippen LogP contribution in [0.4, 0.5) is 10.5 Å². The first-order chi connectivity index (χ1) is 13.8. The normalized spacial score (nSPS) is 15.1. The standard InChI is InChI=1S/C20H15ClN2O5S/c21-14-5-1-12(2-6-14)11-16-18(25)23(20(28)29-16)10-9-17(24)22-15-7-3-13(4-8-15)19(26)27/h1-8,11H,9-10H2,(H,22,24)(H,26,27)/b16-11-. The molecule has 2 aromatic rings. The fourth-order valence-corrected chi connectivity index (χ4v) is 3.53. The topological polar surface area (TPSA) is 104 Å². The average Bonchev–Trinajstić information content (AvgIpc) is 2.95. The van der Waals surface area contributed by atoms with Gasteiger partial charge in [0.1, 0.15) is 0 Å². The second kappa shape index (κ2) is 8.93. The summed E-state index contributed by atoms with van der Waals surface area (Å²) < 4.78 is 0. The van der Waals surface area contributed by atoms with Crippen LogP contribution < -0.4 is 5.32 Å². The molecule has 1 fully saturated rings. The van der Waals surface area contributed by atoms with Crippen molar-refractivity contribution in [3.05, 3.63) is 69.6 Å². The predicted molar refractivity (Wildman–Crippen MR) is 111 cm³/mol. The van der Waals surface area contributed by atoms with E-state index in [1.807, 2.05) is 0 Å². The molecule has 9 heteroatoms. The largest absolute Gasteiger partial charge is 0.478 e. The van der Waals surface area contributed by atoms with Gasteiger partial charge in [0.15, 0.2) is 0 Å². The molecule has 0 unspecified atom stereocenters. The number of amides is 3. The molecule has 29 heavy (non-hydrogen) atoms. The van der Waals surface area contributed by atoms with Gasteiger partial charge in [-0.25, -0.2) is 4.79 Å². The lowest BCUT2D eigenvalue weighted by Crippen LogP contribution is -2.31. The lowest BCUT2D eigenvalue weighted by Gasteiger charge is -2.12. The van der Waals surface area contributed by atoms with Crippen molar-refractivity contribution in [2.24, 2.45) is 0 Å². The average molecular weight is 431 g/mol. The maximum Gasteiger partial charge on any atom is 0.335 e. The summed E-state index contributed by atoms with van der Waals surface area (Å²) in [6.07, 6.45) is 1.53. The maximum absolute atomic E-state index is 12.5. The van der Waals surface area contributed by atoms with E-state index < -0.39 is 23.0 Å². The summed E-state index contributed by atoms with van der Waals surface area (Å²) in [5.41, 5.74) is 1.27. The van der Waals surface area contributed by atoms with Gasteiger partial charge >= 0.3 is 5.97 Å². The quantitative estimate of drug-likeness (QED) is 0.668. The van der Waals surface area contributed by atoms with E-state index in [0.29, 0.717) is 10.7 Å². The number of hydrogen-bond acceptors (Lipinski definition) is 5. The minimum Gasteiger partial charge on any atom is -0.478 e. The third-order valence-corrected chi connectivity index (χ3v) is 5.18. The zero-order chi connectivity index (χ0) is 21.0. The number of carboxylic acid groups (broad SMARTS) is 1. The number of halogens is 1. The summed E-state index contributed by atoms with van der Waals surface area (Å²) in [5, 5.41) is 11.6. The number of anilines is 1. The Hall–Kier alpha value is -3.10. The number of carbonyl (C=O) groups is 4. The molecule has 1 aliphatic heterocycles. The van der Waals surface area contributed by atoms with Gasteiger partial charge in [0.05, 0.1) is 10.5 Å². The van der Waals surface area contributed by atoms with Crippen molar-refractivity contribution in [2.75, 3.05) is 11.9 Å². The van der Waals surface area contributed by atoms with Crippen molar-refractivity contribution in [2.45, 2.75) is 6.42 Å². The van der Waals surface area contributed by atoms with Crippen LogP contribution in [0.3, 0.4) is 0 Å². The van der Waals surface area contributed by atoms with E-state index in [4.69, 9.17) is 16.7 Å². The lowest BCUT2D eigenvalue weighted by molar-refractivity contribution is -0.123. The van der Waals surface area contributed by atoms with Crippen LogP contribution in [0.25, 0.3) is 6.08 Å². The Kier molecular flexibility index (Phi) is 6.36. The van der Waals surface area contributed by atoms with Crippen LogP contribution in [-0.4, -0.2) is 39.6 Å². The van der Waals surface area contributed by atoms with Crippen LogP contribution >= 0.6 is 23.4 Å². The molecule has 3 rings (SSSR count). The van der Waals surface area contributed by atoms with Gasteiger partial charge in [-0.3, -0.25) is 19.3 Å². The molecule has 0 aliphatic carbocycles. The van der Waals surface area contributed by atoms with Gasteiger partial charge in [0, 0.05) is 23.7 Å². The molecule has 1 saturated heterocycles. The Labute approximate surface area is 175 Å². The molecular weight excluding hydrogens is 416 g/mol. The van der Waals surface area contributed by atoms with E-state index in [1.54, 1.807) is 30.3 Å². The molecule has 1 heterocycles. The molecule has 0 aromatic heterocycles. The Balaban J connectivity index is 1.57. The minimum atomic E-state index is -1.06. The van der Waals surface area contributed by atoms with Crippen LogP contribution in [0.2, 0.25) is 5.02 Å². The molecule has 0 bridgehead atoms. The number of benzene rings is 2. The van der Waals surface area contributed by atoms with Gasteiger partial charge < -0.3 is 10.4 Å². The van der Waals surface area contributed by atoms with Crippen molar-refractivity contribution < 1.29 is 24.3 Å².